The van der Waals surface area contributed by atoms with E-state index in [0.717, 1.165) is 5.69 Å². The molecule has 3 heterocycles. The van der Waals surface area contributed by atoms with Crippen molar-refractivity contribution in [1.29, 1.82) is 0 Å². The third-order valence-corrected chi connectivity index (χ3v) is 5.66. The molecule has 3 aromatic heterocycles. The van der Waals surface area contributed by atoms with Crippen molar-refractivity contribution < 1.29 is 15.0 Å². The van der Waals surface area contributed by atoms with E-state index in [9.17, 15) is 9.90 Å². The Morgan fingerprint density at radius 2 is 2.23 bits per heavy atom. The highest BCUT2D eigenvalue weighted by Gasteiger charge is 2.18. The van der Waals surface area contributed by atoms with Crippen molar-refractivity contribution in [2.24, 2.45) is 0 Å². The Kier molecular flexibility index (Phi) is 5.66. The van der Waals surface area contributed by atoms with E-state index < -0.39 is 12.1 Å². The number of carboxylic acids is 1. The van der Waals surface area contributed by atoms with E-state index in [-0.39, 0.29) is 5.69 Å². The highest BCUT2D eigenvalue weighted by molar-refractivity contribution is 8.00. The third-order valence-electron chi connectivity index (χ3n) is 3.44. The molecule has 0 saturated carbocycles. The predicted octanol–water partition coefficient (Wildman–Crippen LogP) is 3.27. The lowest BCUT2D eigenvalue weighted by molar-refractivity contribution is 0.0691. The summed E-state index contributed by atoms with van der Waals surface area (Å²) in [5, 5.41) is 24.7. The minimum Gasteiger partial charge on any atom is -0.476 e. The molecule has 0 unspecified atom stereocenters. The molecule has 0 amide bonds. The van der Waals surface area contributed by atoms with Crippen molar-refractivity contribution in [2.75, 3.05) is 11.9 Å². The molecule has 8 nitrogen and oxygen atoms in total. The number of aromatic carboxylic acids is 1. The van der Waals surface area contributed by atoms with Crippen LogP contribution in [0.4, 0.5) is 5.82 Å². The molecule has 0 aromatic carbocycles. The third kappa shape index (κ3) is 3.93. The van der Waals surface area contributed by atoms with Gasteiger partial charge >= 0.3 is 5.97 Å². The fourth-order valence-electron chi connectivity index (χ4n) is 2.23. The monoisotopic (exact) mass is 413 g/mol. The first-order valence-electron chi connectivity index (χ1n) is 7.75. The van der Waals surface area contributed by atoms with Gasteiger partial charge in [-0.25, -0.2) is 19.7 Å². The molecule has 0 aliphatic heterocycles. The number of aliphatic hydroxyl groups is 1. The SMILES string of the molecule is CCc1[nH]c2nc(Sc3nc(C(=O)O)cs3)nc(NC[C@H](C)O)c2c1Cl. The van der Waals surface area contributed by atoms with Crippen molar-refractivity contribution in [3.05, 3.63) is 21.8 Å². The maximum Gasteiger partial charge on any atom is 0.355 e. The highest BCUT2D eigenvalue weighted by atomic mass is 35.5. The second-order valence-electron chi connectivity index (χ2n) is 5.49. The zero-order chi connectivity index (χ0) is 18.8. The number of thiazole rings is 1. The van der Waals surface area contributed by atoms with Gasteiger partial charge in [0.2, 0.25) is 0 Å². The van der Waals surface area contributed by atoms with Crippen molar-refractivity contribution in [3.8, 4) is 0 Å². The molecule has 0 fully saturated rings. The number of anilines is 1. The van der Waals surface area contributed by atoms with Gasteiger partial charge in [-0.15, -0.1) is 11.3 Å². The van der Waals surface area contributed by atoms with Crippen LogP contribution in [0.15, 0.2) is 14.9 Å². The number of nitrogens with one attached hydrogen (secondary N) is 2. The number of hydrogen-bond donors (Lipinski definition) is 4. The lowest BCUT2D eigenvalue weighted by atomic mass is 10.3. The largest absolute Gasteiger partial charge is 0.476 e. The molecule has 0 saturated heterocycles. The maximum absolute atomic E-state index is 11.0. The average Bonchev–Trinajstić information content (AvgIpc) is 3.17. The van der Waals surface area contributed by atoms with E-state index in [1.54, 1.807) is 6.92 Å². The molecule has 3 aromatic rings. The van der Waals surface area contributed by atoms with E-state index in [0.29, 0.717) is 44.3 Å². The van der Waals surface area contributed by atoms with Gasteiger partial charge in [0.15, 0.2) is 15.2 Å². The number of aryl methyl sites for hydroxylation is 1. The number of nitrogens with zero attached hydrogens (tertiary/aromatic N) is 3. The summed E-state index contributed by atoms with van der Waals surface area (Å²) in [6.45, 7) is 3.95. The molecule has 0 aliphatic carbocycles. The number of hydrogen-bond acceptors (Lipinski definition) is 8. The van der Waals surface area contributed by atoms with Crippen molar-refractivity contribution >= 4 is 57.5 Å². The molecule has 4 N–H and O–H groups in total. The second-order valence-corrected chi connectivity index (χ2v) is 7.94. The van der Waals surface area contributed by atoms with Gasteiger partial charge in [0, 0.05) is 17.6 Å². The molecule has 0 spiro atoms. The highest BCUT2D eigenvalue weighted by Crippen LogP contribution is 2.35. The van der Waals surface area contributed by atoms with Gasteiger partial charge in [-0.05, 0) is 25.1 Å². The van der Waals surface area contributed by atoms with Crippen LogP contribution in [0.1, 0.15) is 30.0 Å². The second kappa shape index (κ2) is 7.78. The van der Waals surface area contributed by atoms with Crippen LogP contribution in [-0.4, -0.2) is 48.8 Å². The first-order valence-corrected chi connectivity index (χ1v) is 9.83. The van der Waals surface area contributed by atoms with Crippen LogP contribution in [0.3, 0.4) is 0 Å². The number of rotatable bonds is 7. The lowest BCUT2D eigenvalue weighted by Crippen LogP contribution is -2.16. The number of H-pyrrole nitrogens is 1. The Bertz CT molecular complexity index is 956. The molecule has 0 radical (unpaired) electrons. The molecule has 26 heavy (non-hydrogen) atoms. The summed E-state index contributed by atoms with van der Waals surface area (Å²) in [5.74, 6) is -0.568. The first-order chi connectivity index (χ1) is 12.4. The zero-order valence-electron chi connectivity index (χ0n) is 13.9. The summed E-state index contributed by atoms with van der Waals surface area (Å²) in [4.78, 5) is 27.1. The van der Waals surface area contributed by atoms with Gasteiger partial charge < -0.3 is 20.5 Å². The van der Waals surface area contributed by atoms with Crippen LogP contribution in [-0.2, 0) is 6.42 Å². The average molecular weight is 414 g/mol. The van der Waals surface area contributed by atoms with Gasteiger partial charge in [-0.3, -0.25) is 0 Å². The number of aromatic amines is 1. The van der Waals surface area contributed by atoms with Gasteiger partial charge in [0.1, 0.15) is 11.5 Å². The first kappa shape index (κ1) is 18.9. The molecule has 0 aliphatic rings. The van der Waals surface area contributed by atoms with Crippen LogP contribution in [0.2, 0.25) is 5.02 Å². The van der Waals surface area contributed by atoms with Crippen LogP contribution < -0.4 is 5.32 Å². The number of aromatic nitrogens is 4. The van der Waals surface area contributed by atoms with Crippen molar-refractivity contribution in [3.63, 3.8) is 0 Å². The van der Waals surface area contributed by atoms with E-state index >= 15 is 0 Å². The topological polar surface area (TPSA) is 124 Å². The van der Waals surface area contributed by atoms with E-state index in [1.807, 2.05) is 6.92 Å². The lowest BCUT2D eigenvalue weighted by Gasteiger charge is -2.10. The summed E-state index contributed by atoms with van der Waals surface area (Å²) in [7, 11) is 0. The number of halogens is 1. The standard InChI is InChI=1S/C15H16ClN5O3S2/c1-3-7-10(16)9-11(17-4-6(2)22)20-14(21-12(9)18-7)26-15-19-8(5-25-15)13(23)24/h5-6,22H,3-4H2,1-2H3,(H,23,24)(H2,17,18,20,21)/t6-/m0/s1. The molecule has 0 bridgehead atoms. The van der Waals surface area contributed by atoms with Gasteiger partial charge in [-0.2, -0.15) is 0 Å². The fourth-order valence-corrected chi connectivity index (χ4v) is 4.24. The van der Waals surface area contributed by atoms with Crippen LogP contribution in [0, 0.1) is 0 Å². The Balaban J connectivity index is 2.00. The Morgan fingerprint density at radius 3 is 2.85 bits per heavy atom. The Morgan fingerprint density at radius 1 is 1.46 bits per heavy atom. The fraction of sp³-hybridized carbons (Fsp3) is 0.333. The molecule has 3 rings (SSSR count). The van der Waals surface area contributed by atoms with Crippen molar-refractivity contribution in [2.45, 2.75) is 35.9 Å². The molecule has 11 heteroatoms. The van der Waals surface area contributed by atoms with E-state index in [4.69, 9.17) is 16.7 Å². The molecule has 138 valence electrons. The summed E-state index contributed by atoms with van der Waals surface area (Å²) in [5.41, 5.74) is 1.41. The van der Waals surface area contributed by atoms with E-state index in [1.165, 1.54) is 28.5 Å². The Hall–Kier alpha value is -1.88. The van der Waals surface area contributed by atoms with Gasteiger partial charge in [0.05, 0.1) is 16.5 Å². The normalized spacial score (nSPS) is 12.5. The van der Waals surface area contributed by atoms with Gasteiger partial charge in [0.25, 0.3) is 0 Å². The molecular weight excluding hydrogens is 398 g/mol. The summed E-state index contributed by atoms with van der Waals surface area (Å²) in [6, 6.07) is 0. The molecule has 1 atom stereocenters. The maximum atomic E-state index is 11.0. The van der Waals surface area contributed by atoms with Crippen LogP contribution in [0.25, 0.3) is 11.0 Å². The van der Waals surface area contributed by atoms with Crippen LogP contribution >= 0.6 is 34.7 Å². The quantitative estimate of drug-likeness (QED) is 0.435. The summed E-state index contributed by atoms with van der Waals surface area (Å²) < 4.78 is 0.525. The summed E-state index contributed by atoms with van der Waals surface area (Å²) in [6.07, 6.45) is 0.152. The van der Waals surface area contributed by atoms with E-state index in [2.05, 4.69) is 25.3 Å². The number of carboxylic acid groups (broad SMARTS) is 1. The minimum absolute atomic E-state index is 0.0118. The zero-order valence-corrected chi connectivity index (χ0v) is 16.3. The minimum atomic E-state index is -1.08. The number of fused-ring (bicyclic) bond motifs is 1. The Labute approximate surface area is 162 Å². The number of carbonyl (C=O) groups is 1. The van der Waals surface area contributed by atoms with Gasteiger partial charge in [-0.1, -0.05) is 18.5 Å². The predicted molar refractivity (Wildman–Crippen MR) is 102 cm³/mol. The van der Waals surface area contributed by atoms with Crippen molar-refractivity contribution in [1.82, 2.24) is 19.9 Å². The molecular formula is C15H16ClN5O3S2. The number of aliphatic hydroxyl groups excluding tert-OH is 1. The van der Waals surface area contributed by atoms with Crippen LogP contribution in [0.5, 0.6) is 0 Å². The smallest absolute Gasteiger partial charge is 0.355 e. The summed E-state index contributed by atoms with van der Waals surface area (Å²) >= 11 is 8.81.